The predicted octanol–water partition coefficient (Wildman–Crippen LogP) is 2.74. The average Bonchev–Trinajstić information content (AvgIpc) is 2.15. The number of hydrogen-bond donors (Lipinski definition) is 1. The van der Waals surface area contributed by atoms with E-state index in [0.717, 1.165) is 24.4 Å². The fraction of sp³-hybridized carbons (Fsp3) is 1.00. The topological polar surface area (TPSA) is 15.3 Å². The Balaban J connectivity index is 2.41. The highest BCUT2D eigenvalue weighted by Gasteiger charge is 2.23. The van der Waals surface area contributed by atoms with Gasteiger partial charge in [0.2, 0.25) is 0 Å². The van der Waals surface area contributed by atoms with E-state index in [9.17, 15) is 0 Å². The number of likely N-dealkylation sites (N-methyl/N-ethyl adjacent to an activating group) is 1. The molecule has 3 unspecified atom stereocenters. The molecule has 0 aromatic heterocycles. The van der Waals surface area contributed by atoms with Crippen LogP contribution < -0.4 is 5.32 Å². The van der Waals surface area contributed by atoms with Crippen molar-refractivity contribution < 1.29 is 0 Å². The molecule has 2 heteroatoms. The van der Waals surface area contributed by atoms with Gasteiger partial charge in [0, 0.05) is 18.6 Å². The zero-order valence-corrected chi connectivity index (χ0v) is 11.8. The lowest BCUT2D eigenvalue weighted by molar-refractivity contribution is 0.225. The summed E-state index contributed by atoms with van der Waals surface area (Å²) >= 11 is 0. The fourth-order valence-electron chi connectivity index (χ4n) is 2.74. The van der Waals surface area contributed by atoms with Crippen LogP contribution in [0.4, 0.5) is 0 Å². The Morgan fingerprint density at radius 2 is 1.94 bits per heavy atom. The van der Waals surface area contributed by atoms with Gasteiger partial charge in [0.1, 0.15) is 0 Å². The number of nitrogens with zero attached hydrogens (tertiary/aromatic N) is 1. The van der Waals surface area contributed by atoms with E-state index < -0.39 is 0 Å². The first kappa shape index (κ1) is 14.0. The van der Waals surface area contributed by atoms with Crippen molar-refractivity contribution in [1.29, 1.82) is 0 Å². The first-order chi connectivity index (χ1) is 7.49. The Kier molecular flexibility index (Phi) is 5.77. The van der Waals surface area contributed by atoms with Gasteiger partial charge >= 0.3 is 0 Å². The molecule has 1 rings (SSSR count). The van der Waals surface area contributed by atoms with Crippen molar-refractivity contribution in [2.24, 2.45) is 11.8 Å². The molecule has 0 radical (unpaired) electrons. The predicted molar refractivity (Wildman–Crippen MR) is 71.7 cm³/mol. The molecule has 1 fully saturated rings. The van der Waals surface area contributed by atoms with Gasteiger partial charge < -0.3 is 10.2 Å². The molecule has 1 N–H and O–H groups in total. The van der Waals surface area contributed by atoms with Crippen molar-refractivity contribution in [3.63, 3.8) is 0 Å². The van der Waals surface area contributed by atoms with E-state index in [1.54, 1.807) is 0 Å². The maximum atomic E-state index is 3.88. The van der Waals surface area contributed by atoms with Crippen molar-refractivity contribution in [2.75, 3.05) is 20.6 Å². The molecule has 0 amide bonds. The summed E-state index contributed by atoms with van der Waals surface area (Å²) in [6, 6.07) is 1.40. The molecule has 0 aromatic carbocycles. The second kappa shape index (κ2) is 6.61. The van der Waals surface area contributed by atoms with E-state index in [4.69, 9.17) is 0 Å². The first-order valence-corrected chi connectivity index (χ1v) is 6.89. The molecule has 1 aliphatic carbocycles. The van der Waals surface area contributed by atoms with Crippen molar-refractivity contribution in [2.45, 2.75) is 58.5 Å². The second-order valence-electron chi connectivity index (χ2n) is 6.25. The maximum Gasteiger partial charge on any atom is 0.0220 e. The van der Waals surface area contributed by atoms with Gasteiger partial charge in [0.05, 0.1) is 0 Å². The third-order valence-corrected chi connectivity index (χ3v) is 3.75. The largest absolute Gasteiger partial charge is 0.310 e. The number of rotatable bonds is 5. The van der Waals surface area contributed by atoms with Crippen molar-refractivity contribution in [1.82, 2.24) is 10.2 Å². The van der Waals surface area contributed by atoms with Gasteiger partial charge in [-0.25, -0.2) is 0 Å². The van der Waals surface area contributed by atoms with Crippen LogP contribution in [-0.2, 0) is 0 Å². The highest BCUT2D eigenvalue weighted by atomic mass is 15.1. The molecule has 0 saturated heterocycles. The van der Waals surface area contributed by atoms with Gasteiger partial charge in [-0.1, -0.05) is 33.6 Å². The summed E-state index contributed by atoms with van der Waals surface area (Å²) in [4.78, 5) is 2.30. The van der Waals surface area contributed by atoms with E-state index in [-0.39, 0.29) is 0 Å². The molecule has 1 saturated carbocycles. The molecule has 0 spiro atoms. The van der Waals surface area contributed by atoms with Crippen LogP contribution in [0, 0.1) is 11.8 Å². The van der Waals surface area contributed by atoms with Crippen LogP contribution in [0.2, 0.25) is 0 Å². The molecule has 0 aliphatic heterocycles. The van der Waals surface area contributed by atoms with Gasteiger partial charge in [0.15, 0.2) is 0 Å². The summed E-state index contributed by atoms with van der Waals surface area (Å²) in [5.41, 5.74) is 0. The molecule has 0 bridgehead atoms. The summed E-state index contributed by atoms with van der Waals surface area (Å²) in [5.74, 6) is 1.64. The SMILES string of the molecule is CC1CCCC(NC(CN(C)C)C(C)C)C1. The van der Waals surface area contributed by atoms with Gasteiger partial charge in [-0.2, -0.15) is 0 Å². The van der Waals surface area contributed by atoms with Crippen molar-refractivity contribution in [3.8, 4) is 0 Å². The van der Waals surface area contributed by atoms with E-state index >= 15 is 0 Å². The molecule has 96 valence electrons. The van der Waals surface area contributed by atoms with Crippen molar-refractivity contribution >= 4 is 0 Å². The van der Waals surface area contributed by atoms with Gasteiger partial charge in [-0.3, -0.25) is 0 Å². The zero-order valence-electron chi connectivity index (χ0n) is 11.8. The summed E-state index contributed by atoms with van der Waals surface area (Å²) in [6.45, 7) is 8.20. The van der Waals surface area contributed by atoms with Gasteiger partial charge in [0.25, 0.3) is 0 Å². The standard InChI is InChI=1S/C14H30N2/c1-11(2)14(10-16(4)5)15-13-8-6-7-12(3)9-13/h11-15H,6-10H2,1-5H3. The minimum atomic E-state index is 0.644. The lowest BCUT2D eigenvalue weighted by Crippen LogP contribution is -2.48. The summed E-state index contributed by atoms with van der Waals surface area (Å²) in [5, 5.41) is 3.88. The normalized spacial score (nSPS) is 28.7. The van der Waals surface area contributed by atoms with E-state index in [0.29, 0.717) is 6.04 Å². The summed E-state index contributed by atoms with van der Waals surface area (Å²) in [6.07, 6.45) is 5.58. The van der Waals surface area contributed by atoms with Crippen LogP contribution in [0.3, 0.4) is 0 Å². The maximum absolute atomic E-state index is 3.88. The number of hydrogen-bond acceptors (Lipinski definition) is 2. The molecule has 1 aliphatic rings. The molecule has 0 heterocycles. The molecule has 2 nitrogen and oxygen atoms in total. The van der Waals surface area contributed by atoms with E-state index in [1.165, 1.54) is 25.7 Å². The Bertz CT molecular complexity index is 189. The Labute approximate surface area is 102 Å². The summed E-state index contributed by atoms with van der Waals surface area (Å²) in [7, 11) is 4.33. The third kappa shape index (κ3) is 4.84. The fourth-order valence-corrected chi connectivity index (χ4v) is 2.74. The van der Waals surface area contributed by atoms with E-state index in [2.05, 4.69) is 45.1 Å². The minimum absolute atomic E-state index is 0.644. The van der Waals surface area contributed by atoms with Crippen LogP contribution in [0.25, 0.3) is 0 Å². The smallest absolute Gasteiger partial charge is 0.0220 e. The number of nitrogens with one attached hydrogen (secondary N) is 1. The quantitative estimate of drug-likeness (QED) is 0.775. The third-order valence-electron chi connectivity index (χ3n) is 3.75. The van der Waals surface area contributed by atoms with Gasteiger partial charge in [-0.15, -0.1) is 0 Å². The molecular weight excluding hydrogens is 196 g/mol. The summed E-state index contributed by atoms with van der Waals surface area (Å²) < 4.78 is 0. The van der Waals surface area contributed by atoms with Crippen LogP contribution in [0.5, 0.6) is 0 Å². The van der Waals surface area contributed by atoms with E-state index in [1.807, 2.05) is 0 Å². The lowest BCUT2D eigenvalue weighted by atomic mass is 9.86. The minimum Gasteiger partial charge on any atom is -0.310 e. The Morgan fingerprint density at radius 1 is 1.25 bits per heavy atom. The first-order valence-electron chi connectivity index (χ1n) is 6.89. The van der Waals surface area contributed by atoms with Crippen LogP contribution in [0.15, 0.2) is 0 Å². The Hall–Kier alpha value is -0.0800. The lowest BCUT2D eigenvalue weighted by Gasteiger charge is -2.34. The van der Waals surface area contributed by atoms with Crippen LogP contribution in [0.1, 0.15) is 46.5 Å². The monoisotopic (exact) mass is 226 g/mol. The average molecular weight is 226 g/mol. The molecule has 16 heavy (non-hydrogen) atoms. The van der Waals surface area contributed by atoms with Crippen LogP contribution in [-0.4, -0.2) is 37.6 Å². The highest BCUT2D eigenvalue weighted by molar-refractivity contribution is 4.82. The molecule has 3 atom stereocenters. The molecule has 0 aromatic rings. The zero-order chi connectivity index (χ0) is 12.1. The Morgan fingerprint density at radius 3 is 2.44 bits per heavy atom. The van der Waals surface area contributed by atoms with Crippen molar-refractivity contribution in [3.05, 3.63) is 0 Å². The van der Waals surface area contributed by atoms with Crippen LogP contribution >= 0.6 is 0 Å². The highest BCUT2D eigenvalue weighted by Crippen LogP contribution is 2.24. The second-order valence-corrected chi connectivity index (χ2v) is 6.25. The van der Waals surface area contributed by atoms with Gasteiger partial charge in [-0.05, 0) is 38.8 Å². The molecular formula is C14H30N2.